The maximum atomic E-state index is 12.7. The quantitative estimate of drug-likeness (QED) is 0.756. The Labute approximate surface area is 157 Å². The molecular formula is C22H34O4. The van der Waals surface area contributed by atoms with E-state index in [0.29, 0.717) is 24.2 Å². The molecule has 0 heterocycles. The standard InChI is InChI=1S/C22H34O4/c1-20-9-6-15(23)12-14(20)4-5-16-17(20)7-10-21(2)18(16)8-11-22(21,25)19(24)13-26-3/h4,15-18,23,25H,5-13H2,1-3H3/t15-,16+,17-,18-,20-,21-,22+/m0/s1. The van der Waals surface area contributed by atoms with Crippen molar-refractivity contribution in [3.8, 4) is 0 Å². The SMILES string of the molecule is COCC(=O)[C@]1(O)CC[C@H]2[C@@H]3CC=C4C[C@@H](O)CC[C@]4(C)[C@H]3CC[C@@]21C. The molecule has 4 aliphatic carbocycles. The lowest BCUT2D eigenvalue weighted by molar-refractivity contribution is -0.164. The van der Waals surface area contributed by atoms with Gasteiger partial charge in [0, 0.05) is 12.5 Å². The highest BCUT2D eigenvalue weighted by Crippen LogP contribution is 2.67. The van der Waals surface area contributed by atoms with Crippen molar-refractivity contribution in [3.05, 3.63) is 11.6 Å². The van der Waals surface area contributed by atoms with Gasteiger partial charge in [-0.25, -0.2) is 0 Å². The molecule has 4 nitrogen and oxygen atoms in total. The molecular weight excluding hydrogens is 328 g/mol. The van der Waals surface area contributed by atoms with Crippen molar-refractivity contribution in [2.45, 2.75) is 76.9 Å². The fraction of sp³-hybridized carbons (Fsp3) is 0.864. The molecule has 2 N–H and O–H groups in total. The summed E-state index contributed by atoms with van der Waals surface area (Å²) in [5, 5.41) is 21.5. The van der Waals surface area contributed by atoms with E-state index in [1.807, 2.05) is 0 Å². The minimum absolute atomic E-state index is 0.00651. The van der Waals surface area contributed by atoms with Crippen LogP contribution in [0.2, 0.25) is 0 Å². The molecule has 4 rings (SSSR count). The molecule has 0 radical (unpaired) electrons. The zero-order valence-electron chi connectivity index (χ0n) is 16.5. The molecule has 0 aromatic rings. The fourth-order valence-electron chi connectivity index (χ4n) is 7.37. The largest absolute Gasteiger partial charge is 0.393 e. The van der Waals surface area contributed by atoms with Crippen LogP contribution in [0.1, 0.15) is 65.2 Å². The van der Waals surface area contributed by atoms with Gasteiger partial charge in [0.1, 0.15) is 12.2 Å². The third kappa shape index (κ3) is 2.34. The molecule has 7 atom stereocenters. The topological polar surface area (TPSA) is 66.8 Å². The molecule has 0 unspecified atom stereocenters. The van der Waals surface area contributed by atoms with E-state index in [-0.39, 0.29) is 29.3 Å². The molecule has 0 aliphatic heterocycles. The molecule has 3 saturated carbocycles. The first-order chi connectivity index (χ1) is 12.3. The van der Waals surface area contributed by atoms with Crippen LogP contribution in [0, 0.1) is 28.6 Å². The first-order valence-electron chi connectivity index (χ1n) is 10.4. The van der Waals surface area contributed by atoms with Crippen molar-refractivity contribution >= 4 is 5.78 Å². The van der Waals surface area contributed by atoms with E-state index < -0.39 is 5.60 Å². The van der Waals surface area contributed by atoms with Crippen LogP contribution in [0.3, 0.4) is 0 Å². The predicted octanol–water partition coefficient (Wildman–Crippen LogP) is 3.26. The molecule has 4 heteroatoms. The van der Waals surface area contributed by atoms with Gasteiger partial charge < -0.3 is 14.9 Å². The van der Waals surface area contributed by atoms with Gasteiger partial charge in [0.05, 0.1) is 6.10 Å². The summed E-state index contributed by atoms with van der Waals surface area (Å²) in [5.41, 5.74) is 0.0944. The number of ether oxygens (including phenoxy) is 1. The number of allylic oxidation sites excluding steroid dienone is 1. The van der Waals surface area contributed by atoms with Crippen LogP contribution in [0.25, 0.3) is 0 Å². The number of carbonyl (C=O) groups excluding carboxylic acids is 1. The van der Waals surface area contributed by atoms with Gasteiger partial charge in [-0.1, -0.05) is 25.5 Å². The molecule has 26 heavy (non-hydrogen) atoms. The number of hydrogen-bond donors (Lipinski definition) is 2. The number of aliphatic hydroxyl groups is 2. The van der Waals surface area contributed by atoms with Gasteiger partial charge >= 0.3 is 0 Å². The second-order valence-electron chi connectivity index (χ2n) is 9.87. The van der Waals surface area contributed by atoms with Crippen LogP contribution >= 0.6 is 0 Å². The first kappa shape index (κ1) is 18.6. The van der Waals surface area contributed by atoms with Crippen molar-refractivity contribution in [2.75, 3.05) is 13.7 Å². The normalized spacial score (nSPS) is 50.4. The Morgan fingerprint density at radius 3 is 2.65 bits per heavy atom. The Morgan fingerprint density at radius 1 is 1.19 bits per heavy atom. The highest BCUT2D eigenvalue weighted by atomic mass is 16.5. The van der Waals surface area contributed by atoms with Gasteiger partial charge in [0.25, 0.3) is 0 Å². The first-order valence-corrected chi connectivity index (χ1v) is 10.4. The van der Waals surface area contributed by atoms with Crippen molar-refractivity contribution < 1.29 is 19.7 Å². The van der Waals surface area contributed by atoms with Crippen LogP contribution in [0.5, 0.6) is 0 Å². The Bertz CT molecular complexity index is 628. The van der Waals surface area contributed by atoms with Gasteiger partial charge in [-0.2, -0.15) is 0 Å². The van der Waals surface area contributed by atoms with Gasteiger partial charge in [-0.05, 0) is 74.5 Å². The Morgan fingerprint density at radius 2 is 1.92 bits per heavy atom. The Hall–Kier alpha value is -0.710. The number of ketones is 1. The van der Waals surface area contributed by atoms with E-state index >= 15 is 0 Å². The highest BCUT2D eigenvalue weighted by molar-refractivity contribution is 5.89. The second-order valence-corrected chi connectivity index (χ2v) is 9.87. The summed E-state index contributed by atoms with van der Waals surface area (Å²) in [4.78, 5) is 12.7. The summed E-state index contributed by atoms with van der Waals surface area (Å²) < 4.78 is 5.07. The molecule has 0 aromatic heterocycles. The second kappa shape index (κ2) is 6.15. The highest BCUT2D eigenvalue weighted by Gasteiger charge is 2.65. The van der Waals surface area contributed by atoms with Crippen LogP contribution in [-0.4, -0.2) is 41.4 Å². The Balaban J connectivity index is 1.65. The van der Waals surface area contributed by atoms with E-state index in [9.17, 15) is 15.0 Å². The van der Waals surface area contributed by atoms with Crippen LogP contribution in [0.4, 0.5) is 0 Å². The van der Waals surface area contributed by atoms with Crippen molar-refractivity contribution in [3.63, 3.8) is 0 Å². The molecule has 0 amide bonds. The fourth-order valence-corrected chi connectivity index (χ4v) is 7.37. The summed E-state index contributed by atoms with van der Waals surface area (Å²) in [6, 6.07) is 0. The van der Waals surface area contributed by atoms with E-state index in [0.717, 1.165) is 44.9 Å². The summed E-state index contributed by atoms with van der Waals surface area (Å²) in [6.07, 6.45) is 9.55. The number of rotatable bonds is 3. The average Bonchev–Trinajstić information content (AvgIpc) is 2.88. The van der Waals surface area contributed by atoms with Gasteiger partial charge in [-0.15, -0.1) is 0 Å². The summed E-state index contributed by atoms with van der Waals surface area (Å²) in [5.74, 6) is 1.42. The molecule has 146 valence electrons. The minimum Gasteiger partial charge on any atom is -0.393 e. The lowest BCUT2D eigenvalue weighted by Crippen LogP contribution is -2.58. The number of hydrogen-bond acceptors (Lipinski definition) is 4. The lowest BCUT2D eigenvalue weighted by atomic mass is 9.46. The predicted molar refractivity (Wildman–Crippen MR) is 99.5 cm³/mol. The number of carbonyl (C=O) groups is 1. The monoisotopic (exact) mass is 362 g/mol. The van der Waals surface area contributed by atoms with Crippen molar-refractivity contribution in [1.82, 2.24) is 0 Å². The van der Waals surface area contributed by atoms with Crippen LogP contribution < -0.4 is 0 Å². The number of Topliss-reactive ketones (excluding diaryl/α,β-unsaturated/α-hetero) is 1. The zero-order valence-corrected chi connectivity index (χ0v) is 16.5. The van der Waals surface area contributed by atoms with E-state index in [4.69, 9.17) is 4.74 Å². The number of methoxy groups -OCH3 is 1. The van der Waals surface area contributed by atoms with Crippen molar-refractivity contribution in [1.29, 1.82) is 0 Å². The lowest BCUT2D eigenvalue weighted by Gasteiger charge is -2.58. The summed E-state index contributed by atoms with van der Waals surface area (Å²) in [7, 11) is 1.53. The molecule has 0 saturated heterocycles. The van der Waals surface area contributed by atoms with Gasteiger partial charge in [-0.3, -0.25) is 4.79 Å². The number of fused-ring (bicyclic) bond motifs is 5. The average molecular weight is 363 g/mol. The summed E-state index contributed by atoms with van der Waals surface area (Å²) >= 11 is 0. The summed E-state index contributed by atoms with van der Waals surface area (Å²) in [6.45, 7) is 4.56. The van der Waals surface area contributed by atoms with Gasteiger partial charge in [0.2, 0.25) is 0 Å². The molecule has 0 bridgehead atoms. The van der Waals surface area contributed by atoms with Gasteiger partial charge in [0.15, 0.2) is 5.78 Å². The smallest absolute Gasteiger partial charge is 0.190 e. The third-order valence-corrected chi connectivity index (χ3v) is 8.97. The molecule has 0 spiro atoms. The van der Waals surface area contributed by atoms with Crippen LogP contribution in [0.15, 0.2) is 11.6 Å². The minimum atomic E-state index is -1.23. The number of aliphatic hydroxyl groups excluding tert-OH is 1. The van der Waals surface area contributed by atoms with E-state index in [1.165, 1.54) is 12.7 Å². The van der Waals surface area contributed by atoms with E-state index in [2.05, 4.69) is 19.9 Å². The third-order valence-electron chi connectivity index (χ3n) is 8.97. The maximum Gasteiger partial charge on any atom is 0.190 e. The molecule has 4 aliphatic rings. The van der Waals surface area contributed by atoms with E-state index in [1.54, 1.807) is 0 Å². The van der Waals surface area contributed by atoms with Crippen molar-refractivity contribution in [2.24, 2.45) is 28.6 Å². The molecule has 0 aromatic carbocycles. The zero-order chi connectivity index (χ0) is 18.7. The molecule has 3 fully saturated rings. The van der Waals surface area contributed by atoms with Crippen LogP contribution in [-0.2, 0) is 9.53 Å². The maximum absolute atomic E-state index is 12.7. The Kier molecular flexibility index (Phi) is 4.41.